The largest absolute Gasteiger partial charge is 0.466 e. The number of imide groups is 1. The molecule has 6 heteroatoms. The molecule has 27 heavy (non-hydrogen) atoms. The van der Waals surface area contributed by atoms with Gasteiger partial charge >= 0.3 is 5.97 Å². The van der Waals surface area contributed by atoms with E-state index >= 15 is 0 Å². The molecular weight excluding hydrogens is 349 g/mol. The molecule has 3 rings (SSSR count). The van der Waals surface area contributed by atoms with Crippen LogP contribution in [0.3, 0.4) is 0 Å². The van der Waals surface area contributed by atoms with Crippen molar-refractivity contribution in [1.29, 1.82) is 0 Å². The van der Waals surface area contributed by atoms with Crippen molar-refractivity contribution in [3.05, 3.63) is 77.1 Å². The molecule has 0 unspecified atom stereocenters. The van der Waals surface area contributed by atoms with E-state index in [1.54, 1.807) is 6.92 Å². The van der Waals surface area contributed by atoms with Crippen LogP contribution in [0.25, 0.3) is 0 Å². The van der Waals surface area contributed by atoms with Crippen molar-refractivity contribution in [3.63, 3.8) is 0 Å². The predicted molar refractivity (Wildman–Crippen MR) is 97.3 cm³/mol. The number of anilines is 1. The molecule has 138 valence electrons. The number of halogens is 1. The molecule has 0 spiro atoms. The van der Waals surface area contributed by atoms with Gasteiger partial charge in [-0.3, -0.25) is 14.4 Å². The standard InChI is InChI=1S/C21H18FNO4/c1-2-27-19(24)13-18-17(11-14-7-4-3-5-8-14)20(25)23(21(18)26)16-10-6-9-15(22)12-16/h3-10,12H,2,11,13H2,1H3. The SMILES string of the molecule is CCOC(=O)CC1=C(Cc2ccccc2)C(=O)N(c2cccc(F)c2)C1=O. The van der Waals surface area contributed by atoms with E-state index in [2.05, 4.69) is 0 Å². The van der Waals surface area contributed by atoms with Crippen molar-refractivity contribution >= 4 is 23.5 Å². The van der Waals surface area contributed by atoms with Crippen LogP contribution in [0.15, 0.2) is 65.7 Å². The minimum Gasteiger partial charge on any atom is -0.466 e. The van der Waals surface area contributed by atoms with Gasteiger partial charge in [0, 0.05) is 17.6 Å². The van der Waals surface area contributed by atoms with Gasteiger partial charge in [-0.15, -0.1) is 0 Å². The van der Waals surface area contributed by atoms with Crippen molar-refractivity contribution < 1.29 is 23.5 Å². The Balaban J connectivity index is 1.99. The first-order valence-electron chi connectivity index (χ1n) is 8.57. The number of amides is 2. The van der Waals surface area contributed by atoms with Gasteiger partial charge in [-0.05, 0) is 30.7 Å². The van der Waals surface area contributed by atoms with Crippen molar-refractivity contribution in [2.45, 2.75) is 19.8 Å². The van der Waals surface area contributed by atoms with E-state index in [0.29, 0.717) is 0 Å². The summed E-state index contributed by atoms with van der Waals surface area (Å²) in [7, 11) is 0. The lowest BCUT2D eigenvalue weighted by Crippen LogP contribution is -2.32. The molecule has 0 aliphatic carbocycles. The minimum absolute atomic E-state index is 0.0894. The second kappa shape index (κ2) is 7.95. The Morgan fingerprint density at radius 3 is 2.37 bits per heavy atom. The number of esters is 1. The van der Waals surface area contributed by atoms with Gasteiger partial charge in [-0.1, -0.05) is 36.4 Å². The third-order valence-electron chi connectivity index (χ3n) is 4.20. The van der Waals surface area contributed by atoms with Gasteiger partial charge in [0.1, 0.15) is 5.82 Å². The Morgan fingerprint density at radius 1 is 1.00 bits per heavy atom. The van der Waals surface area contributed by atoms with E-state index in [1.165, 1.54) is 18.2 Å². The summed E-state index contributed by atoms with van der Waals surface area (Å²) in [5, 5.41) is 0. The van der Waals surface area contributed by atoms with Crippen molar-refractivity contribution in [3.8, 4) is 0 Å². The number of nitrogens with zero attached hydrogens (tertiary/aromatic N) is 1. The first-order valence-corrected chi connectivity index (χ1v) is 8.57. The average molecular weight is 367 g/mol. The molecule has 0 fully saturated rings. The Labute approximate surface area is 156 Å². The quantitative estimate of drug-likeness (QED) is 0.581. The number of hydrogen-bond acceptors (Lipinski definition) is 4. The van der Waals surface area contributed by atoms with Crippen LogP contribution < -0.4 is 4.90 Å². The molecule has 0 N–H and O–H groups in total. The van der Waals surface area contributed by atoms with Crippen molar-refractivity contribution in [2.75, 3.05) is 11.5 Å². The molecule has 0 bridgehead atoms. The fourth-order valence-electron chi connectivity index (χ4n) is 2.99. The number of carbonyl (C=O) groups excluding carboxylic acids is 3. The summed E-state index contributed by atoms with van der Waals surface area (Å²) >= 11 is 0. The normalized spacial score (nSPS) is 14.1. The van der Waals surface area contributed by atoms with Gasteiger partial charge in [0.2, 0.25) is 0 Å². The van der Waals surface area contributed by atoms with E-state index < -0.39 is 23.6 Å². The second-order valence-electron chi connectivity index (χ2n) is 6.03. The topological polar surface area (TPSA) is 63.7 Å². The third-order valence-corrected chi connectivity index (χ3v) is 4.20. The first kappa shape index (κ1) is 18.5. The molecule has 1 heterocycles. The summed E-state index contributed by atoms with van der Waals surface area (Å²) in [5.41, 5.74) is 1.28. The Morgan fingerprint density at radius 2 is 1.70 bits per heavy atom. The molecular formula is C21H18FNO4. The molecule has 2 aromatic carbocycles. The number of ether oxygens (including phenoxy) is 1. The van der Waals surface area contributed by atoms with Gasteiger partial charge in [0.25, 0.3) is 11.8 Å². The zero-order chi connectivity index (χ0) is 19.4. The molecule has 0 radical (unpaired) electrons. The smallest absolute Gasteiger partial charge is 0.310 e. The van der Waals surface area contributed by atoms with Crippen LogP contribution in [-0.2, 0) is 25.5 Å². The molecule has 0 aromatic heterocycles. The fraction of sp³-hybridized carbons (Fsp3) is 0.190. The highest BCUT2D eigenvalue weighted by atomic mass is 19.1. The molecule has 2 aromatic rings. The minimum atomic E-state index is -0.621. The summed E-state index contributed by atoms with van der Waals surface area (Å²) in [4.78, 5) is 38.7. The molecule has 0 saturated heterocycles. The van der Waals surface area contributed by atoms with Crippen LogP contribution in [0, 0.1) is 5.82 Å². The van der Waals surface area contributed by atoms with Crippen molar-refractivity contribution in [1.82, 2.24) is 0 Å². The zero-order valence-electron chi connectivity index (χ0n) is 14.8. The van der Waals surface area contributed by atoms with E-state index in [-0.39, 0.29) is 36.3 Å². The first-order chi connectivity index (χ1) is 13.0. The van der Waals surface area contributed by atoms with E-state index in [0.717, 1.165) is 16.5 Å². The van der Waals surface area contributed by atoms with Gasteiger partial charge in [0.15, 0.2) is 0 Å². The lowest BCUT2D eigenvalue weighted by Gasteiger charge is -2.15. The Bertz CT molecular complexity index is 921. The van der Waals surface area contributed by atoms with Gasteiger partial charge < -0.3 is 4.74 Å². The van der Waals surface area contributed by atoms with Gasteiger partial charge in [-0.25, -0.2) is 9.29 Å². The fourth-order valence-corrected chi connectivity index (χ4v) is 2.99. The Kier molecular flexibility index (Phi) is 5.45. The van der Waals surface area contributed by atoms with Crippen LogP contribution in [-0.4, -0.2) is 24.4 Å². The lowest BCUT2D eigenvalue weighted by atomic mass is 10.00. The van der Waals surface area contributed by atoms with Crippen LogP contribution in [0.4, 0.5) is 10.1 Å². The number of hydrogen-bond donors (Lipinski definition) is 0. The van der Waals surface area contributed by atoms with Crippen LogP contribution in [0.2, 0.25) is 0 Å². The summed E-state index contributed by atoms with van der Waals surface area (Å²) in [5.74, 6) is -2.31. The van der Waals surface area contributed by atoms with E-state index in [4.69, 9.17) is 4.74 Å². The van der Waals surface area contributed by atoms with Crippen LogP contribution in [0.1, 0.15) is 18.9 Å². The van der Waals surface area contributed by atoms with E-state index in [9.17, 15) is 18.8 Å². The number of rotatable bonds is 6. The molecule has 0 atom stereocenters. The number of benzene rings is 2. The Hall–Kier alpha value is -3.28. The highest BCUT2D eigenvalue weighted by Gasteiger charge is 2.39. The van der Waals surface area contributed by atoms with Crippen LogP contribution in [0.5, 0.6) is 0 Å². The van der Waals surface area contributed by atoms with E-state index in [1.807, 2.05) is 30.3 Å². The monoisotopic (exact) mass is 367 g/mol. The summed E-state index contributed by atoms with van der Waals surface area (Å²) in [6, 6.07) is 14.4. The summed E-state index contributed by atoms with van der Waals surface area (Å²) in [6.45, 7) is 1.84. The summed E-state index contributed by atoms with van der Waals surface area (Å²) < 4.78 is 18.5. The highest BCUT2D eigenvalue weighted by Crippen LogP contribution is 2.31. The maximum Gasteiger partial charge on any atom is 0.310 e. The third kappa shape index (κ3) is 3.95. The lowest BCUT2D eigenvalue weighted by molar-refractivity contribution is -0.142. The average Bonchev–Trinajstić information content (AvgIpc) is 2.87. The van der Waals surface area contributed by atoms with Gasteiger partial charge in [-0.2, -0.15) is 0 Å². The molecule has 1 aliphatic heterocycles. The van der Waals surface area contributed by atoms with Gasteiger partial charge in [0.05, 0.1) is 18.7 Å². The molecule has 2 amide bonds. The van der Waals surface area contributed by atoms with Crippen molar-refractivity contribution in [2.24, 2.45) is 0 Å². The maximum absolute atomic E-state index is 13.6. The summed E-state index contributed by atoms with van der Waals surface area (Å²) in [6.07, 6.45) is -0.0988. The number of carbonyl (C=O) groups is 3. The predicted octanol–water partition coefficient (Wildman–Crippen LogP) is 3.19. The highest BCUT2D eigenvalue weighted by molar-refractivity contribution is 6.33. The molecule has 5 nitrogen and oxygen atoms in total. The zero-order valence-corrected chi connectivity index (χ0v) is 14.8. The second-order valence-corrected chi connectivity index (χ2v) is 6.03. The maximum atomic E-state index is 13.6. The molecule has 0 saturated carbocycles. The van der Waals surface area contributed by atoms with Crippen LogP contribution >= 0.6 is 0 Å². The molecule has 1 aliphatic rings.